The van der Waals surface area contributed by atoms with Gasteiger partial charge < -0.3 is 14.8 Å². The van der Waals surface area contributed by atoms with Crippen LogP contribution in [0, 0.1) is 5.92 Å². The average molecular weight is 245 g/mol. The summed E-state index contributed by atoms with van der Waals surface area (Å²) in [7, 11) is 1.29. The molecule has 0 aliphatic carbocycles. The summed E-state index contributed by atoms with van der Waals surface area (Å²) in [6.07, 6.45) is 2.19. The van der Waals surface area contributed by atoms with E-state index in [1.807, 2.05) is 0 Å². The van der Waals surface area contributed by atoms with E-state index in [0.717, 1.165) is 12.8 Å². The standard InChI is InChI=1S/C12H23NO4/c1-5-6-9(2)7-17-8-11(12(15)16-4)13-10(3)14/h9,11H,5-8H2,1-4H3,(H,13,14). The first-order valence-corrected chi connectivity index (χ1v) is 5.93. The summed E-state index contributed by atoms with van der Waals surface area (Å²) >= 11 is 0. The van der Waals surface area contributed by atoms with Crippen molar-refractivity contribution in [3.05, 3.63) is 0 Å². The highest BCUT2D eigenvalue weighted by atomic mass is 16.5. The molecule has 2 atom stereocenters. The Hall–Kier alpha value is -1.10. The van der Waals surface area contributed by atoms with Gasteiger partial charge in [-0.1, -0.05) is 20.3 Å². The fraction of sp³-hybridized carbons (Fsp3) is 0.833. The number of carbonyl (C=O) groups is 2. The number of carbonyl (C=O) groups excluding carboxylic acids is 2. The van der Waals surface area contributed by atoms with Crippen LogP contribution in [0.15, 0.2) is 0 Å². The third-order valence-electron chi connectivity index (χ3n) is 2.33. The molecule has 0 rings (SSSR count). The van der Waals surface area contributed by atoms with Crippen molar-refractivity contribution in [1.29, 1.82) is 0 Å². The molecule has 0 saturated carbocycles. The van der Waals surface area contributed by atoms with Gasteiger partial charge in [-0.05, 0) is 12.3 Å². The van der Waals surface area contributed by atoms with Gasteiger partial charge in [0, 0.05) is 13.5 Å². The number of hydrogen-bond acceptors (Lipinski definition) is 4. The quantitative estimate of drug-likeness (QED) is 0.651. The zero-order chi connectivity index (χ0) is 13.3. The third-order valence-corrected chi connectivity index (χ3v) is 2.33. The summed E-state index contributed by atoms with van der Waals surface area (Å²) in [5.74, 6) is -0.301. The third kappa shape index (κ3) is 7.74. The van der Waals surface area contributed by atoms with E-state index in [-0.39, 0.29) is 12.5 Å². The fourth-order valence-corrected chi connectivity index (χ4v) is 1.52. The van der Waals surface area contributed by atoms with Gasteiger partial charge in [-0.15, -0.1) is 0 Å². The first kappa shape index (κ1) is 15.9. The number of rotatable bonds is 8. The van der Waals surface area contributed by atoms with E-state index in [0.29, 0.717) is 12.5 Å². The molecular weight excluding hydrogens is 222 g/mol. The van der Waals surface area contributed by atoms with E-state index in [1.54, 1.807) is 0 Å². The summed E-state index contributed by atoms with van der Waals surface area (Å²) in [5, 5.41) is 2.50. The molecule has 0 aromatic rings. The first-order chi connectivity index (χ1) is 8.01. The summed E-state index contributed by atoms with van der Waals surface area (Å²) in [6.45, 7) is 6.30. The zero-order valence-electron chi connectivity index (χ0n) is 11.1. The lowest BCUT2D eigenvalue weighted by atomic mass is 10.1. The molecule has 0 aliphatic rings. The Kier molecular flexibility index (Phi) is 8.40. The van der Waals surface area contributed by atoms with Crippen LogP contribution in [0.5, 0.6) is 0 Å². The summed E-state index contributed by atoms with van der Waals surface area (Å²) < 4.78 is 10.0. The van der Waals surface area contributed by atoms with Crippen molar-refractivity contribution in [3.8, 4) is 0 Å². The molecule has 5 heteroatoms. The molecule has 0 radical (unpaired) electrons. The maximum Gasteiger partial charge on any atom is 0.330 e. The molecular formula is C12H23NO4. The molecule has 0 heterocycles. The molecule has 5 nitrogen and oxygen atoms in total. The van der Waals surface area contributed by atoms with Crippen molar-refractivity contribution in [2.24, 2.45) is 5.92 Å². The second-order valence-corrected chi connectivity index (χ2v) is 4.21. The Balaban J connectivity index is 3.99. The Bertz CT molecular complexity index is 243. The molecule has 0 saturated heterocycles. The van der Waals surface area contributed by atoms with Crippen LogP contribution in [-0.4, -0.2) is 38.2 Å². The second-order valence-electron chi connectivity index (χ2n) is 4.21. The van der Waals surface area contributed by atoms with Crippen LogP contribution >= 0.6 is 0 Å². The molecule has 1 N–H and O–H groups in total. The molecule has 0 fully saturated rings. The van der Waals surface area contributed by atoms with Gasteiger partial charge in [-0.2, -0.15) is 0 Å². The number of amides is 1. The van der Waals surface area contributed by atoms with Gasteiger partial charge in [0.2, 0.25) is 5.91 Å². The van der Waals surface area contributed by atoms with Gasteiger partial charge in [-0.25, -0.2) is 4.79 Å². The van der Waals surface area contributed by atoms with E-state index in [4.69, 9.17) is 4.74 Å². The molecule has 2 unspecified atom stereocenters. The van der Waals surface area contributed by atoms with Gasteiger partial charge in [0.15, 0.2) is 6.04 Å². The normalized spacial score (nSPS) is 13.9. The molecule has 0 aromatic carbocycles. The maximum atomic E-state index is 11.3. The lowest BCUT2D eigenvalue weighted by Crippen LogP contribution is -2.44. The van der Waals surface area contributed by atoms with Crippen molar-refractivity contribution in [1.82, 2.24) is 5.32 Å². The highest BCUT2D eigenvalue weighted by molar-refractivity contribution is 5.83. The maximum absolute atomic E-state index is 11.3. The van der Waals surface area contributed by atoms with Crippen molar-refractivity contribution in [2.45, 2.75) is 39.7 Å². The van der Waals surface area contributed by atoms with Crippen LogP contribution in [0.3, 0.4) is 0 Å². The zero-order valence-corrected chi connectivity index (χ0v) is 11.1. The molecule has 17 heavy (non-hydrogen) atoms. The Labute approximate surface area is 103 Å². The van der Waals surface area contributed by atoms with Gasteiger partial charge in [0.1, 0.15) is 0 Å². The average Bonchev–Trinajstić information content (AvgIpc) is 2.26. The Morgan fingerprint density at radius 2 is 1.94 bits per heavy atom. The monoisotopic (exact) mass is 245 g/mol. The lowest BCUT2D eigenvalue weighted by molar-refractivity contribution is -0.146. The summed E-state index contributed by atoms with van der Waals surface area (Å²) in [4.78, 5) is 22.2. The van der Waals surface area contributed by atoms with E-state index < -0.39 is 12.0 Å². The number of nitrogens with one attached hydrogen (secondary N) is 1. The molecule has 1 amide bonds. The predicted molar refractivity (Wildman–Crippen MR) is 64.5 cm³/mol. The Morgan fingerprint density at radius 1 is 1.29 bits per heavy atom. The smallest absolute Gasteiger partial charge is 0.330 e. The van der Waals surface area contributed by atoms with Crippen LogP contribution in [0.4, 0.5) is 0 Å². The summed E-state index contributed by atoms with van der Waals surface area (Å²) in [6, 6.07) is -0.716. The minimum Gasteiger partial charge on any atom is -0.467 e. The number of ether oxygens (including phenoxy) is 2. The van der Waals surface area contributed by atoms with Crippen LogP contribution in [0.1, 0.15) is 33.6 Å². The van der Waals surface area contributed by atoms with Gasteiger partial charge in [0.25, 0.3) is 0 Å². The number of hydrogen-bond donors (Lipinski definition) is 1. The van der Waals surface area contributed by atoms with Crippen LogP contribution in [0.2, 0.25) is 0 Å². The van der Waals surface area contributed by atoms with Crippen LogP contribution < -0.4 is 5.32 Å². The van der Waals surface area contributed by atoms with Gasteiger partial charge in [-0.3, -0.25) is 4.79 Å². The first-order valence-electron chi connectivity index (χ1n) is 5.93. The molecule has 0 aromatic heterocycles. The van der Waals surface area contributed by atoms with Crippen molar-refractivity contribution in [3.63, 3.8) is 0 Å². The SMILES string of the molecule is CCCC(C)COCC(NC(C)=O)C(=O)OC. The number of methoxy groups -OCH3 is 1. The molecule has 0 spiro atoms. The van der Waals surface area contributed by atoms with E-state index in [1.165, 1.54) is 14.0 Å². The molecule has 0 bridgehead atoms. The van der Waals surface area contributed by atoms with Crippen LogP contribution in [0.25, 0.3) is 0 Å². The second kappa shape index (κ2) is 8.98. The molecule has 0 aliphatic heterocycles. The van der Waals surface area contributed by atoms with E-state index in [2.05, 4.69) is 23.9 Å². The lowest BCUT2D eigenvalue weighted by Gasteiger charge is -2.17. The topological polar surface area (TPSA) is 64.6 Å². The van der Waals surface area contributed by atoms with Crippen molar-refractivity contribution >= 4 is 11.9 Å². The van der Waals surface area contributed by atoms with E-state index in [9.17, 15) is 9.59 Å². The van der Waals surface area contributed by atoms with Crippen LogP contribution in [-0.2, 0) is 19.1 Å². The Morgan fingerprint density at radius 3 is 2.41 bits per heavy atom. The van der Waals surface area contributed by atoms with Gasteiger partial charge in [0.05, 0.1) is 13.7 Å². The largest absolute Gasteiger partial charge is 0.467 e. The predicted octanol–water partition coefficient (Wildman–Crippen LogP) is 1.12. The highest BCUT2D eigenvalue weighted by Gasteiger charge is 2.20. The van der Waals surface area contributed by atoms with Crippen molar-refractivity contribution < 1.29 is 19.1 Å². The number of esters is 1. The highest BCUT2D eigenvalue weighted by Crippen LogP contribution is 2.05. The van der Waals surface area contributed by atoms with Crippen molar-refractivity contribution in [2.75, 3.05) is 20.3 Å². The molecule has 100 valence electrons. The van der Waals surface area contributed by atoms with Gasteiger partial charge >= 0.3 is 5.97 Å². The fourth-order valence-electron chi connectivity index (χ4n) is 1.52. The summed E-state index contributed by atoms with van der Waals surface area (Å²) in [5.41, 5.74) is 0. The minimum absolute atomic E-state index is 0.153. The van der Waals surface area contributed by atoms with E-state index >= 15 is 0 Å². The minimum atomic E-state index is -0.716.